The Morgan fingerprint density at radius 3 is 3.09 bits per heavy atom. The van der Waals surface area contributed by atoms with Crippen molar-refractivity contribution in [2.75, 3.05) is 0 Å². The van der Waals surface area contributed by atoms with Crippen molar-refractivity contribution in [3.8, 4) is 0 Å². The number of hydrogen-bond acceptors (Lipinski definition) is 3. The van der Waals surface area contributed by atoms with E-state index in [0.717, 1.165) is 19.3 Å². The van der Waals surface area contributed by atoms with Crippen LogP contribution < -0.4 is 0 Å². The highest BCUT2D eigenvalue weighted by Gasteiger charge is 2.48. The maximum Gasteiger partial charge on any atom is 0.302 e. The number of carbonyl (C=O) groups excluding carboxylic acids is 1. The van der Waals surface area contributed by atoms with Gasteiger partial charge in [0.05, 0.1) is 6.10 Å². The molecular formula is C8H12O3. The first-order valence-electron chi connectivity index (χ1n) is 4.10. The highest BCUT2D eigenvalue weighted by Crippen LogP contribution is 2.38. The number of hydrogen-bond donors (Lipinski definition) is 0. The van der Waals surface area contributed by atoms with Gasteiger partial charge < -0.3 is 9.47 Å². The Kier molecular flexibility index (Phi) is 1.60. The first-order valence-corrected chi connectivity index (χ1v) is 4.10. The second-order valence-corrected chi connectivity index (χ2v) is 3.22. The Hall–Kier alpha value is -0.570. The van der Waals surface area contributed by atoms with Gasteiger partial charge in [-0.2, -0.15) is 0 Å². The van der Waals surface area contributed by atoms with Gasteiger partial charge in [0.25, 0.3) is 0 Å². The van der Waals surface area contributed by atoms with E-state index in [1.807, 2.05) is 0 Å². The van der Waals surface area contributed by atoms with Gasteiger partial charge in [-0.15, -0.1) is 0 Å². The zero-order valence-electron chi connectivity index (χ0n) is 6.58. The summed E-state index contributed by atoms with van der Waals surface area (Å²) < 4.78 is 10.4. The topological polar surface area (TPSA) is 38.8 Å². The molecular weight excluding hydrogens is 144 g/mol. The van der Waals surface area contributed by atoms with Crippen molar-refractivity contribution in [1.29, 1.82) is 0 Å². The van der Waals surface area contributed by atoms with E-state index in [9.17, 15) is 4.79 Å². The second kappa shape index (κ2) is 2.48. The zero-order chi connectivity index (χ0) is 7.84. The zero-order valence-corrected chi connectivity index (χ0v) is 6.58. The van der Waals surface area contributed by atoms with E-state index in [4.69, 9.17) is 9.47 Å². The lowest BCUT2D eigenvalue weighted by Crippen LogP contribution is -2.26. The molecule has 1 saturated carbocycles. The van der Waals surface area contributed by atoms with Crippen molar-refractivity contribution >= 4 is 5.97 Å². The second-order valence-electron chi connectivity index (χ2n) is 3.22. The Morgan fingerprint density at radius 2 is 2.36 bits per heavy atom. The predicted molar refractivity (Wildman–Crippen MR) is 38.1 cm³/mol. The number of fused-ring (bicyclic) bond motifs is 1. The molecule has 2 rings (SSSR count). The van der Waals surface area contributed by atoms with Gasteiger partial charge in [-0.25, -0.2) is 0 Å². The number of ether oxygens (including phenoxy) is 2. The van der Waals surface area contributed by atoms with Crippen LogP contribution in [0.15, 0.2) is 0 Å². The molecule has 0 bridgehead atoms. The SMILES string of the molecule is CC(=O)O[C@@H]1CCC[C@@H]2O[C@@H]21. The molecule has 0 aromatic carbocycles. The molecule has 1 aliphatic carbocycles. The van der Waals surface area contributed by atoms with E-state index in [0.29, 0.717) is 6.10 Å². The molecule has 1 aliphatic heterocycles. The predicted octanol–water partition coefficient (Wildman–Crippen LogP) is 0.869. The van der Waals surface area contributed by atoms with Gasteiger partial charge >= 0.3 is 5.97 Å². The molecule has 0 aromatic heterocycles. The minimum Gasteiger partial charge on any atom is -0.460 e. The van der Waals surface area contributed by atoms with Crippen molar-refractivity contribution in [3.63, 3.8) is 0 Å². The molecule has 0 N–H and O–H groups in total. The molecule has 0 unspecified atom stereocenters. The standard InChI is InChI=1S/C8H12O3/c1-5(9)10-6-3-2-4-7-8(6)11-7/h6-8H,2-4H2,1H3/t6-,7+,8-/m1/s1. The highest BCUT2D eigenvalue weighted by atomic mass is 16.6. The highest BCUT2D eigenvalue weighted by molar-refractivity contribution is 5.66. The lowest BCUT2D eigenvalue weighted by Gasteiger charge is -2.17. The maximum absolute atomic E-state index is 10.6. The number of rotatable bonds is 1. The molecule has 3 atom stereocenters. The van der Waals surface area contributed by atoms with Gasteiger partial charge in [0.1, 0.15) is 12.2 Å². The smallest absolute Gasteiger partial charge is 0.302 e. The average molecular weight is 156 g/mol. The van der Waals surface area contributed by atoms with Crippen LogP contribution in [-0.2, 0) is 14.3 Å². The van der Waals surface area contributed by atoms with Crippen LogP contribution >= 0.6 is 0 Å². The Labute approximate surface area is 65.7 Å². The van der Waals surface area contributed by atoms with Crippen LogP contribution in [0.5, 0.6) is 0 Å². The van der Waals surface area contributed by atoms with Crippen LogP contribution in [0.2, 0.25) is 0 Å². The van der Waals surface area contributed by atoms with E-state index < -0.39 is 0 Å². The van der Waals surface area contributed by atoms with E-state index >= 15 is 0 Å². The van der Waals surface area contributed by atoms with Crippen LogP contribution in [0.4, 0.5) is 0 Å². The largest absolute Gasteiger partial charge is 0.460 e. The lowest BCUT2D eigenvalue weighted by molar-refractivity contribution is -0.147. The van der Waals surface area contributed by atoms with E-state index in [1.165, 1.54) is 6.92 Å². The normalized spacial score (nSPS) is 41.0. The summed E-state index contributed by atoms with van der Waals surface area (Å²) in [5.41, 5.74) is 0. The first kappa shape index (κ1) is 7.10. The van der Waals surface area contributed by atoms with Gasteiger partial charge in [-0.05, 0) is 19.3 Å². The van der Waals surface area contributed by atoms with E-state index in [2.05, 4.69) is 0 Å². The van der Waals surface area contributed by atoms with E-state index in [1.54, 1.807) is 0 Å². The summed E-state index contributed by atoms with van der Waals surface area (Å²) in [6.45, 7) is 1.45. The van der Waals surface area contributed by atoms with Gasteiger partial charge in [0.15, 0.2) is 0 Å². The van der Waals surface area contributed by atoms with Crippen LogP contribution in [0.3, 0.4) is 0 Å². The molecule has 0 amide bonds. The summed E-state index contributed by atoms with van der Waals surface area (Å²) in [5.74, 6) is -0.189. The molecule has 3 nitrogen and oxygen atoms in total. The van der Waals surface area contributed by atoms with Gasteiger partial charge in [0.2, 0.25) is 0 Å². The Bertz CT molecular complexity index is 178. The summed E-state index contributed by atoms with van der Waals surface area (Å²) in [6, 6.07) is 0. The molecule has 2 fully saturated rings. The third kappa shape index (κ3) is 1.38. The van der Waals surface area contributed by atoms with Crippen LogP contribution in [0, 0.1) is 0 Å². The molecule has 1 heterocycles. The fraction of sp³-hybridized carbons (Fsp3) is 0.875. The molecule has 1 saturated heterocycles. The molecule has 0 spiro atoms. The maximum atomic E-state index is 10.6. The molecule has 2 aliphatic rings. The minimum absolute atomic E-state index is 0.0475. The summed E-state index contributed by atoms with van der Waals surface area (Å²) in [6.07, 6.45) is 3.91. The third-order valence-electron chi connectivity index (χ3n) is 2.28. The molecule has 0 aromatic rings. The molecule has 62 valence electrons. The molecule has 11 heavy (non-hydrogen) atoms. The number of epoxide rings is 1. The van der Waals surface area contributed by atoms with E-state index in [-0.39, 0.29) is 18.2 Å². The van der Waals surface area contributed by atoms with Crippen LogP contribution in [0.25, 0.3) is 0 Å². The summed E-state index contributed by atoms with van der Waals surface area (Å²) in [4.78, 5) is 10.6. The first-order chi connectivity index (χ1) is 5.27. The van der Waals surface area contributed by atoms with Crippen molar-refractivity contribution in [3.05, 3.63) is 0 Å². The molecule has 3 heteroatoms. The van der Waals surface area contributed by atoms with Crippen molar-refractivity contribution in [1.82, 2.24) is 0 Å². The van der Waals surface area contributed by atoms with Crippen LogP contribution in [0.1, 0.15) is 26.2 Å². The van der Waals surface area contributed by atoms with Crippen molar-refractivity contribution < 1.29 is 14.3 Å². The quantitative estimate of drug-likeness (QED) is 0.417. The average Bonchev–Trinajstić information content (AvgIpc) is 2.65. The fourth-order valence-electron chi connectivity index (χ4n) is 1.74. The fourth-order valence-corrected chi connectivity index (χ4v) is 1.74. The summed E-state index contributed by atoms with van der Waals surface area (Å²) >= 11 is 0. The Morgan fingerprint density at radius 1 is 1.55 bits per heavy atom. The van der Waals surface area contributed by atoms with Crippen molar-refractivity contribution in [2.45, 2.75) is 44.5 Å². The minimum atomic E-state index is -0.189. The van der Waals surface area contributed by atoms with Gasteiger partial charge in [-0.3, -0.25) is 4.79 Å². The number of esters is 1. The van der Waals surface area contributed by atoms with Gasteiger partial charge in [0, 0.05) is 6.92 Å². The Balaban J connectivity index is 1.88. The number of carbonyl (C=O) groups is 1. The third-order valence-corrected chi connectivity index (χ3v) is 2.28. The lowest BCUT2D eigenvalue weighted by atomic mass is 9.98. The summed E-state index contributed by atoms with van der Waals surface area (Å²) in [7, 11) is 0. The summed E-state index contributed by atoms with van der Waals surface area (Å²) in [5, 5.41) is 0. The van der Waals surface area contributed by atoms with Crippen molar-refractivity contribution in [2.24, 2.45) is 0 Å². The molecule has 0 radical (unpaired) electrons. The van der Waals surface area contributed by atoms with Gasteiger partial charge in [-0.1, -0.05) is 0 Å². The monoisotopic (exact) mass is 156 g/mol. The van der Waals surface area contributed by atoms with Crippen LogP contribution in [-0.4, -0.2) is 24.3 Å².